The maximum atomic E-state index is 5.36. The molecule has 0 aliphatic carbocycles. The minimum absolute atomic E-state index is 0.0103. The van der Waals surface area contributed by atoms with Crippen LogP contribution in [0.3, 0.4) is 0 Å². The van der Waals surface area contributed by atoms with Crippen LogP contribution in [0.1, 0.15) is 23.1 Å². The van der Waals surface area contributed by atoms with E-state index in [0.717, 1.165) is 13.0 Å². The van der Waals surface area contributed by atoms with Crippen LogP contribution in [0.4, 0.5) is 5.95 Å². The Morgan fingerprint density at radius 3 is 2.94 bits per heavy atom. The maximum absolute atomic E-state index is 5.36. The molecule has 0 saturated carbocycles. The first-order valence-corrected chi connectivity index (χ1v) is 6.08. The average Bonchev–Trinajstić information content (AvgIpc) is 2.87. The number of anilines is 1. The molecule has 0 amide bonds. The van der Waals surface area contributed by atoms with Crippen LogP contribution in [0, 0.1) is 0 Å². The molecule has 1 aliphatic heterocycles. The Balaban J connectivity index is 1.97. The minimum Gasteiger partial charge on any atom is -0.344 e. The molecule has 1 unspecified atom stereocenters. The van der Waals surface area contributed by atoms with Gasteiger partial charge in [-0.05, 0) is 22.7 Å². The fourth-order valence-corrected chi connectivity index (χ4v) is 2.25. The summed E-state index contributed by atoms with van der Waals surface area (Å²) in [6, 6.07) is 8.40. The van der Waals surface area contributed by atoms with E-state index in [4.69, 9.17) is 4.52 Å². The summed E-state index contributed by atoms with van der Waals surface area (Å²) >= 11 is 0. The van der Waals surface area contributed by atoms with Gasteiger partial charge in [0.25, 0.3) is 5.95 Å². The molecule has 2 aromatic rings. The fourth-order valence-electron chi connectivity index (χ4n) is 2.25. The molecule has 1 aliphatic rings. The van der Waals surface area contributed by atoms with Gasteiger partial charge in [-0.1, -0.05) is 24.3 Å². The van der Waals surface area contributed by atoms with Crippen molar-refractivity contribution in [2.45, 2.75) is 12.5 Å². The number of fused-ring (bicyclic) bond motifs is 1. The van der Waals surface area contributed by atoms with Crippen LogP contribution in [-0.4, -0.2) is 30.8 Å². The lowest BCUT2D eigenvalue weighted by Gasteiger charge is -2.23. The highest BCUT2D eigenvalue weighted by Crippen LogP contribution is 2.28. The Morgan fingerprint density at radius 1 is 1.33 bits per heavy atom. The Morgan fingerprint density at radius 2 is 2.17 bits per heavy atom. The van der Waals surface area contributed by atoms with E-state index in [1.165, 1.54) is 11.1 Å². The maximum Gasteiger partial charge on any atom is 0.265 e. The quantitative estimate of drug-likeness (QED) is 0.864. The zero-order valence-corrected chi connectivity index (χ0v) is 10.6. The molecule has 1 N–H and O–H groups in total. The summed E-state index contributed by atoms with van der Waals surface area (Å²) < 4.78 is 5.36. The van der Waals surface area contributed by atoms with Crippen molar-refractivity contribution in [2.75, 3.05) is 25.5 Å². The third kappa shape index (κ3) is 1.86. The van der Waals surface area contributed by atoms with Crippen LogP contribution in [-0.2, 0) is 6.42 Å². The molecule has 3 rings (SSSR count). The van der Waals surface area contributed by atoms with Gasteiger partial charge >= 0.3 is 0 Å². The Bertz CT molecular complexity index is 549. The monoisotopic (exact) mass is 244 g/mol. The van der Waals surface area contributed by atoms with Crippen molar-refractivity contribution < 1.29 is 4.52 Å². The van der Waals surface area contributed by atoms with Gasteiger partial charge in [-0.15, -0.1) is 0 Å². The number of hydrogen-bond donors (Lipinski definition) is 1. The van der Waals surface area contributed by atoms with E-state index < -0.39 is 0 Å². The smallest absolute Gasteiger partial charge is 0.265 e. The minimum atomic E-state index is 0.0103. The number of rotatable bonds is 2. The van der Waals surface area contributed by atoms with Gasteiger partial charge in [0.15, 0.2) is 0 Å². The predicted octanol–water partition coefficient (Wildman–Crippen LogP) is 1.37. The van der Waals surface area contributed by atoms with Crippen molar-refractivity contribution in [3.63, 3.8) is 0 Å². The lowest BCUT2D eigenvalue weighted by atomic mass is 9.94. The number of nitrogens with zero attached hydrogens (tertiary/aromatic N) is 3. The molecular weight excluding hydrogens is 228 g/mol. The molecule has 0 radical (unpaired) electrons. The standard InChI is InChI=1S/C13H16N4O/c1-17(2)13-15-12(18-16-13)11-10-6-4-3-5-9(10)7-8-14-11/h3-6,11,14H,7-8H2,1-2H3. The predicted molar refractivity (Wildman–Crippen MR) is 68.6 cm³/mol. The second-order valence-electron chi connectivity index (χ2n) is 4.66. The van der Waals surface area contributed by atoms with Gasteiger partial charge in [0.2, 0.25) is 5.89 Å². The number of aromatic nitrogens is 2. The molecule has 5 nitrogen and oxygen atoms in total. The van der Waals surface area contributed by atoms with E-state index >= 15 is 0 Å². The van der Waals surface area contributed by atoms with Gasteiger partial charge in [-0.2, -0.15) is 4.98 Å². The summed E-state index contributed by atoms with van der Waals surface area (Å²) in [4.78, 5) is 6.25. The number of benzene rings is 1. The summed E-state index contributed by atoms with van der Waals surface area (Å²) in [5.74, 6) is 1.24. The van der Waals surface area contributed by atoms with Crippen molar-refractivity contribution >= 4 is 5.95 Å². The van der Waals surface area contributed by atoms with Crippen LogP contribution in [0.2, 0.25) is 0 Å². The van der Waals surface area contributed by atoms with Crippen molar-refractivity contribution in [2.24, 2.45) is 0 Å². The third-order valence-electron chi connectivity index (χ3n) is 3.19. The molecule has 0 saturated heterocycles. The van der Waals surface area contributed by atoms with Crippen molar-refractivity contribution in [3.8, 4) is 0 Å². The normalized spacial score (nSPS) is 18.4. The Kier molecular flexibility index (Phi) is 2.76. The molecule has 0 spiro atoms. The van der Waals surface area contributed by atoms with Crippen LogP contribution in [0.15, 0.2) is 28.8 Å². The van der Waals surface area contributed by atoms with Crippen molar-refractivity contribution in [1.82, 2.24) is 15.5 Å². The van der Waals surface area contributed by atoms with Crippen molar-refractivity contribution in [1.29, 1.82) is 0 Å². The second-order valence-corrected chi connectivity index (χ2v) is 4.66. The van der Waals surface area contributed by atoms with Crippen LogP contribution < -0.4 is 10.2 Å². The molecule has 1 aromatic carbocycles. The largest absolute Gasteiger partial charge is 0.344 e. The lowest BCUT2D eigenvalue weighted by Crippen LogP contribution is -2.30. The first-order valence-electron chi connectivity index (χ1n) is 6.08. The molecule has 94 valence electrons. The highest BCUT2D eigenvalue weighted by Gasteiger charge is 2.26. The molecule has 1 aromatic heterocycles. The highest BCUT2D eigenvalue weighted by molar-refractivity contribution is 5.36. The van der Waals surface area contributed by atoms with Crippen LogP contribution in [0.25, 0.3) is 0 Å². The van der Waals surface area contributed by atoms with Gasteiger partial charge in [0.1, 0.15) is 6.04 Å². The topological polar surface area (TPSA) is 54.2 Å². The summed E-state index contributed by atoms with van der Waals surface area (Å²) in [6.45, 7) is 0.932. The van der Waals surface area contributed by atoms with E-state index in [2.05, 4.69) is 33.7 Å². The molecule has 0 fully saturated rings. The number of nitrogens with one attached hydrogen (secondary N) is 1. The molecule has 0 bridgehead atoms. The first-order chi connectivity index (χ1) is 8.75. The van der Waals surface area contributed by atoms with Gasteiger partial charge in [-0.3, -0.25) is 0 Å². The van der Waals surface area contributed by atoms with Gasteiger partial charge in [0.05, 0.1) is 0 Å². The van der Waals surface area contributed by atoms with E-state index in [0.29, 0.717) is 11.8 Å². The van der Waals surface area contributed by atoms with Gasteiger partial charge < -0.3 is 14.7 Å². The number of hydrogen-bond acceptors (Lipinski definition) is 5. The van der Waals surface area contributed by atoms with Crippen LogP contribution in [0.5, 0.6) is 0 Å². The highest BCUT2D eigenvalue weighted by atomic mass is 16.5. The third-order valence-corrected chi connectivity index (χ3v) is 3.19. The summed E-state index contributed by atoms with van der Waals surface area (Å²) in [5.41, 5.74) is 2.59. The summed E-state index contributed by atoms with van der Waals surface area (Å²) in [5, 5.41) is 7.39. The van der Waals surface area contributed by atoms with E-state index in [9.17, 15) is 0 Å². The fraction of sp³-hybridized carbons (Fsp3) is 0.385. The zero-order valence-electron chi connectivity index (χ0n) is 10.6. The second kappa shape index (κ2) is 4.42. The van der Waals surface area contributed by atoms with Crippen LogP contribution >= 0.6 is 0 Å². The van der Waals surface area contributed by atoms with E-state index in [1.807, 2.05) is 25.1 Å². The van der Waals surface area contributed by atoms with Crippen molar-refractivity contribution in [3.05, 3.63) is 41.3 Å². The summed E-state index contributed by atoms with van der Waals surface area (Å²) in [6.07, 6.45) is 1.04. The molecule has 5 heteroatoms. The van der Waals surface area contributed by atoms with E-state index in [-0.39, 0.29) is 6.04 Å². The SMILES string of the molecule is CN(C)c1noc(C2NCCc3ccccc32)n1. The van der Waals surface area contributed by atoms with E-state index in [1.54, 1.807) is 0 Å². The lowest BCUT2D eigenvalue weighted by molar-refractivity contribution is 0.343. The molecule has 2 heterocycles. The van der Waals surface area contributed by atoms with Gasteiger partial charge in [-0.25, -0.2) is 0 Å². The molecule has 1 atom stereocenters. The Hall–Kier alpha value is -1.88. The average molecular weight is 244 g/mol. The first kappa shape index (κ1) is 11.2. The summed E-state index contributed by atoms with van der Waals surface area (Å²) in [7, 11) is 3.80. The molecule has 18 heavy (non-hydrogen) atoms. The Labute approximate surface area is 106 Å². The zero-order chi connectivity index (χ0) is 12.5. The molecular formula is C13H16N4O. The van der Waals surface area contributed by atoms with Gasteiger partial charge in [0, 0.05) is 20.6 Å².